The van der Waals surface area contributed by atoms with Gasteiger partial charge in [-0.25, -0.2) is 14.8 Å². The van der Waals surface area contributed by atoms with Gasteiger partial charge in [0.1, 0.15) is 0 Å². The van der Waals surface area contributed by atoms with Gasteiger partial charge in [-0.15, -0.1) is 0 Å². The van der Waals surface area contributed by atoms with Gasteiger partial charge in [-0.05, 0) is 38.0 Å². The molecule has 1 aliphatic rings. The topological polar surface area (TPSA) is 66.3 Å². The number of carboxylic acids is 1. The Hall–Kier alpha value is -1.65. The Morgan fingerprint density at radius 1 is 1.40 bits per heavy atom. The van der Waals surface area contributed by atoms with Crippen LogP contribution in [0, 0.1) is 12.3 Å². The van der Waals surface area contributed by atoms with E-state index in [4.69, 9.17) is 5.11 Å². The Morgan fingerprint density at radius 3 is 2.50 bits per heavy atom. The van der Waals surface area contributed by atoms with E-state index in [0.717, 1.165) is 12.8 Å². The zero-order valence-corrected chi connectivity index (χ0v) is 12.7. The molecule has 1 fully saturated rings. The first kappa shape index (κ1) is 14.8. The number of aryl methyl sites for hydroxylation is 1. The average molecular weight is 277 g/mol. The van der Waals surface area contributed by atoms with Crippen molar-refractivity contribution in [3.63, 3.8) is 0 Å². The molecule has 1 heterocycles. The van der Waals surface area contributed by atoms with Crippen molar-refractivity contribution in [3.8, 4) is 0 Å². The number of anilines is 1. The fraction of sp³-hybridized carbons (Fsp3) is 0.667. The van der Waals surface area contributed by atoms with Crippen molar-refractivity contribution in [2.75, 3.05) is 11.9 Å². The predicted molar refractivity (Wildman–Crippen MR) is 78.2 cm³/mol. The molecular weight excluding hydrogens is 254 g/mol. The molecule has 0 saturated heterocycles. The van der Waals surface area contributed by atoms with Gasteiger partial charge in [-0.3, -0.25) is 0 Å². The summed E-state index contributed by atoms with van der Waals surface area (Å²) in [6.45, 7) is 6.34. The molecule has 0 unspecified atom stereocenters. The van der Waals surface area contributed by atoms with E-state index in [1.807, 2.05) is 7.05 Å². The minimum absolute atomic E-state index is 0.173. The normalized spacial score (nSPS) is 18.8. The van der Waals surface area contributed by atoms with E-state index < -0.39 is 5.97 Å². The van der Waals surface area contributed by atoms with Crippen molar-refractivity contribution < 1.29 is 9.90 Å². The summed E-state index contributed by atoms with van der Waals surface area (Å²) in [5.41, 5.74) is 1.12. The number of hydrogen-bond donors (Lipinski definition) is 1. The molecule has 5 heteroatoms. The molecule has 0 aliphatic heterocycles. The van der Waals surface area contributed by atoms with Gasteiger partial charge < -0.3 is 10.0 Å². The molecule has 0 spiro atoms. The van der Waals surface area contributed by atoms with Gasteiger partial charge in [0.2, 0.25) is 5.95 Å². The number of aromatic carboxylic acids is 1. The third kappa shape index (κ3) is 3.08. The highest BCUT2D eigenvalue weighted by molar-refractivity contribution is 5.88. The molecule has 110 valence electrons. The molecule has 1 N–H and O–H groups in total. The van der Waals surface area contributed by atoms with E-state index >= 15 is 0 Å². The van der Waals surface area contributed by atoms with Gasteiger partial charge in [0.05, 0.1) is 11.3 Å². The molecule has 1 aromatic rings. The summed E-state index contributed by atoms with van der Waals surface area (Å²) in [5, 5.41) is 9.01. The van der Waals surface area contributed by atoms with Crippen LogP contribution in [0.2, 0.25) is 0 Å². The second-order valence-corrected chi connectivity index (χ2v) is 6.48. The lowest BCUT2D eigenvalue weighted by Gasteiger charge is -2.38. The van der Waals surface area contributed by atoms with Gasteiger partial charge in [0.25, 0.3) is 0 Å². The second kappa shape index (κ2) is 5.38. The third-order valence-corrected chi connectivity index (χ3v) is 4.37. The summed E-state index contributed by atoms with van der Waals surface area (Å²) in [6.07, 6.45) is 6.07. The van der Waals surface area contributed by atoms with E-state index in [2.05, 4.69) is 28.7 Å². The summed E-state index contributed by atoms with van der Waals surface area (Å²) in [4.78, 5) is 21.6. The first-order valence-electron chi connectivity index (χ1n) is 7.10. The molecule has 2 rings (SSSR count). The van der Waals surface area contributed by atoms with E-state index in [9.17, 15) is 4.79 Å². The highest BCUT2D eigenvalue weighted by Gasteiger charge is 2.29. The fourth-order valence-corrected chi connectivity index (χ4v) is 2.77. The van der Waals surface area contributed by atoms with Gasteiger partial charge in [-0.2, -0.15) is 0 Å². The molecule has 0 aromatic carbocycles. The molecule has 0 radical (unpaired) electrons. The maximum absolute atomic E-state index is 11.0. The lowest BCUT2D eigenvalue weighted by atomic mass is 9.75. The molecule has 5 nitrogen and oxygen atoms in total. The Morgan fingerprint density at radius 2 is 2.00 bits per heavy atom. The summed E-state index contributed by atoms with van der Waals surface area (Å²) in [5.74, 6) is -0.353. The van der Waals surface area contributed by atoms with Crippen LogP contribution in [0.1, 0.15) is 55.6 Å². The van der Waals surface area contributed by atoms with Crippen LogP contribution in [-0.2, 0) is 0 Å². The highest BCUT2D eigenvalue weighted by atomic mass is 16.4. The number of hydrogen-bond acceptors (Lipinski definition) is 4. The molecule has 1 aliphatic carbocycles. The number of carboxylic acid groups (broad SMARTS) is 1. The summed E-state index contributed by atoms with van der Waals surface area (Å²) < 4.78 is 0. The first-order valence-corrected chi connectivity index (χ1v) is 7.10. The summed E-state index contributed by atoms with van der Waals surface area (Å²) >= 11 is 0. The van der Waals surface area contributed by atoms with Crippen LogP contribution in [-0.4, -0.2) is 34.1 Å². The Kier molecular flexibility index (Phi) is 3.97. The highest BCUT2D eigenvalue weighted by Crippen LogP contribution is 2.37. The van der Waals surface area contributed by atoms with Gasteiger partial charge in [0.15, 0.2) is 0 Å². The third-order valence-electron chi connectivity index (χ3n) is 4.37. The lowest BCUT2D eigenvalue weighted by molar-refractivity contribution is 0.0695. The summed E-state index contributed by atoms with van der Waals surface area (Å²) in [7, 11) is 2.00. The zero-order valence-electron chi connectivity index (χ0n) is 12.7. The molecule has 0 amide bonds. The van der Waals surface area contributed by atoms with Crippen LogP contribution in [0.25, 0.3) is 0 Å². The molecule has 20 heavy (non-hydrogen) atoms. The first-order chi connectivity index (χ1) is 9.30. The van der Waals surface area contributed by atoms with Crippen molar-refractivity contribution in [2.45, 2.75) is 52.5 Å². The zero-order chi connectivity index (χ0) is 14.9. The minimum atomic E-state index is -0.976. The maximum Gasteiger partial charge on any atom is 0.339 e. The van der Waals surface area contributed by atoms with Crippen molar-refractivity contribution in [1.82, 2.24) is 9.97 Å². The Bertz CT molecular complexity index is 504. The number of nitrogens with zero attached hydrogens (tertiary/aromatic N) is 3. The van der Waals surface area contributed by atoms with Crippen molar-refractivity contribution >= 4 is 11.9 Å². The Balaban J connectivity index is 2.12. The average Bonchev–Trinajstić information content (AvgIpc) is 2.37. The SMILES string of the molecule is Cc1nc(N(C)C2CCC(C)(C)CC2)ncc1C(=O)O. The van der Waals surface area contributed by atoms with E-state index in [-0.39, 0.29) is 5.56 Å². The summed E-state index contributed by atoms with van der Waals surface area (Å²) in [6, 6.07) is 0.443. The fourth-order valence-electron chi connectivity index (χ4n) is 2.77. The van der Waals surface area contributed by atoms with E-state index in [0.29, 0.717) is 23.1 Å². The van der Waals surface area contributed by atoms with E-state index in [1.165, 1.54) is 19.0 Å². The van der Waals surface area contributed by atoms with E-state index in [1.54, 1.807) is 6.92 Å². The number of carbonyl (C=O) groups is 1. The monoisotopic (exact) mass is 277 g/mol. The molecule has 0 atom stereocenters. The van der Waals surface area contributed by atoms with Crippen LogP contribution in [0.3, 0.4) is 0 Å². The van der Waals surface area contributed by atoms with Crippen LogP contribution in [0.4, 0.5) is 5.95 Å². The standard InChI is InChI=1S/C15H23N3O2/c1-10-12(13(19)20)9-16-14(17-10)18(4)11-5-7-15(2,3)8-6-11/h9,11H,5-8H2,1-4H3,(H,19,20). The smallest absolute Gasteiger partial charge is 0.339 e. The van der Waals surface area contributed by atoms with Crippen molar-refractivity contribution in [1.29, 1.82) is 0 Å². The maximum atomic E-state index is 11.0. The van der Waals surface area contributed by atoms with Gasteiger partial charge in [-0.1, -0.05) is 13.8 Å². The predicted octanol–water partition coefficient (Wildman–Crippen LogP) is 2.89. The lowest BCUT2D eigenvalue weighted by Crippen LogP contribution is -2.38. The van der Waals surface area contributed by atoms with Crippen molar-refractivity contribution in [2.24, 2.45) is 5.41 Å². The van der Waals surface area contributed by atoms with Crippen LogP contribution < -0.4 is 4.90 Å². The minimum Gasteiger partial charge on any atom is -0.478 e. The number of rotatable bonds is 3. The molecule has 0 bridgehead atoms. The Labute approximate surface area is 120 Å². The van der Waals surface area contributed by atoms with Gasteiger partial charge in [0, 0.05) is 19.3 Å². The molecular formula is C15H23N3O2. The van der Waals surface area contributed by atoms with Crippen LogP contribution in [0.15, 0.2) is 6.20 Å². The van der Waals surface area contributed by atoms with Crippen molar-refractivity contribution in [3.05, 3.63) is 17.5 Å². The van der Waals surface area contributed by atoms with Crippen LogP contribution in [0.5, 0.6) is 0 Å². The van der Waals surface area contributed by atoms with Crippen LogP contribution >= 0.6 is 0 Å². The number of aromatic nitrogens is 2. The molecule has 1 saturated carbocycles. The quantitative estimate of drug-likeness (QED) is 0.920. The largest absolute Gasteiger partial charge is 0.478 e. The second-order valence-electron chi connectivity index (χ2n) is 6.48. The van der Waals surface area contributed by atoms with Gasteiger partial charge >= 0.3 is 5.97 Å². The molecule has 1 aromatic heterocycles.